The Bertz CT molecular complexity index is 662. The van der Waals surface area contributed by atoms with Crippen LogP contribution in [0, 0.1) is 5.82 Å². The van der Waals surface area contributed by atoms with Crippen LogP contribution in [0.4, 0.5) is 10.1 Å². The Morgan fingerprint density at radius 3 is 2.61 bits per heavy atom. The van der Waals surface area contributed by atoms with Crippen LogP contribution in [0.25, 0.3) is 0 Å². The number of rotatable bonds is 7. The van der Waals surface area contributed by atoms with E-state index in [0.29, 0.717) is 23.0 Å². The number of amides is 1. The number of hydrogen-bond donors (Lipinski definition) is 2. The zero-order valence-electron chi connectivity index (χ0n) is 12.7. The predicted octanol–water partition coefficient (Wildman–Crippen LogP) is 3.26. The Labute approximate surface area is 139 Å². The number of carbonyl (C=O) groups excluding carboxylic acids is 1. The van der Waals surface area contributed by atoms with Crippen molar-refractivity contribution in [2.75, 3.05) is 25.5 Å². The highest BCUT2D eigenvalue weighted by Gasteiger charge is 2.05. The summed E-state index contributed by atoms with van der Waals surface area (Å²) in [5.74, 6) is 0.145. The second kappa shape index (κ2) is 8.50. The minimum atomic E-state index is -0.251. The standard InChI is InChI=1S/C17H18ClFN2O2/c1-23-16-7-6-14(10-15(16)18)21-17(22)11-20-9-8-12-2-4-13(19)5-3-12/h2-7,10,20H,8-9,11H2,1H3,(H,21,22). The molecule has 0 saturated heterocycles. The summed E-state index contributed by atoms with van der Waals surface area (Å²) >= 11 is 6.00. The zero-order chi connectivity index (χ0) is 16.7. The molecule has 0 saturated carbocycles. The van der Waals surface area contributed by atoms with Gasteiger partial charge in [0.2, 0.25) is 5.91 Å². The van der Waals surface area contributed by atoms with Crippen molar-refractivity contribution in [3.8, 4) is 5.75 Å². The lowest BCUT2D eigenvalue weighted by Crippen LogP contribution is -2.29. The van der Waals surface area contributed by atoms with E-state index < -0.39 is 0 Å². The van der Waals surface area contributed by atoms with E-state index in [-0.39, 0.29) is 18.3 Å². The molecule has 4 nitrogen and oxygen atoms in total. The van der Waals surface area contributed by atoms with E-state index >= 15 is 0 Å². The average molecular weight is 337 g/mol. The molecule has 0 spiro atoms. The molecule has 0 bridgehead atoms. The Kier molecular flexibility index (Phi) is 6.38. The lowest BCUT2D eigenvalue weighted by Gasteiger charge is -2.09. The molecule has 0 aliphatic carbocycles. The van der Waals surface area contributed by atoms with E-state index in [1.165, 1.54) is 19.2 Å². The first-order valence-electron chi connectivity index (χ1n) is 7.17. The maximum atomic E-state index is 12.8. The summed E-state index contributed by atoms with van der Waals surface area (Å²) in [5, 5.41) is 6.23. The van der Waals surface area contributed by atoms with Crippen molar-refractivity contribution in [1.29, 1.82) is 0 Å². The number of benzene rings is 2. The Balaban J connectivity index is 1.72. The summed E-state index contributed by atoms with van der Waals surface area (Å²) in [7, 11) is 1.53. The largest absolute Gasteiger partial charge is 0.495 e. The van der Waals surface area contributed by atoms with Crippen molar-refractivity contribution in [2.24, 2.45) is 0 Å². The molecular weight excluding hydrogens is 319 g/mol. The summed E-state index contributed by atoms with van der Waals surface area (Å²) < 4.78 is 17.8. The fraction of sp³-hybridized carbons (Fsp3) is 0.235. The van der Waals surface area contributed by atoms with E-state index in [1.807, 2.05) is 0 Å². The molecule has 0 heterocycles. The number of nitrogens with one attached hydrogen (secondary N) is 2. The molecule has 2 rings (SSSR count). The third kappa shape index (κ3) is 5.54. The number of anilines is 1. The molecule has 2 aromatic carbocycles. The highest BCUT2D eigenvalue weighted by Crippen LogP contribution is 2.27. The summed E-state index contributed by atoms with van der Waals surface area (Å²) in [6.45, 7) is 0.813. The van der Waals surface area contributed by atoms with Crippen molar-refractivity contribution in [3.05, 3.63) is 58.9 Å². The van der Waals surface area contributed by atoms with E-state index in [2.05, 4.69) is 10.6 Å². The lowest BCUT2D eigenvalue weighted by atomic mass is 10.1. The van der Waals surface area contributed by atoms with Crippen molar-refractivity contribution < 1.29 is 13.9 Å². The molecule has 1 amide bonds. The highest BCUT2D eigenvalue weighted by atomic mass is 35.5. The molecular formula is C17H18ClFN2O2. The maximum Gasteiger partial charge on any atom is 0.238 e. The van der Waals surface area contributed by atoms with Gasteiger partial charge in [-0.1, -0.05) is 23.7 Å². The molecule has 6 heteroatoms. The third-order valence-corrected chi connectivity index (χ3v) is 3.52. The number of halogens is 2. The first kappa shape index (κ1) is 17.2. The molecule has 0 unspecified atom stereocenters. The van der Waals surface area contributed by atoms with Gasteiger partial charge in [-0.3, -0.25) is 4.79 Å². The summed E-state index contributed by atoms with van der Waals surface area (Å²) in [4.78, 5) is 11.8. The SMILES string of the molecule is COc1ccc(NC(=O)CNCCc2ccc(F)cc2)cc1Cl. The van der Waals surface area contributed by atoms with Crippen LogP contribution in [0.2, 0.25) is 5.02 Å². The second-order valence-electron chi connectivity index (χ2n) is 4.95. The van der Waals surface area contributed by atoms with Crippen LogP contribution in [-0.2, 0) is 11.2 Å². The van der Waals surface area contributed by atoms with Gasteiger partial charge in [-0.05, 0) is 48.9 Å². The lowest BCUT2D eigenvalue weighted by molar-refractivity contribution is -0.115. The van der Waals surface area contributed by atoms with Crippen LogP contribution in [0.15, 0.2) is 42.5 Å². The Morgan fingerprint density at radius 2 is 1.96 bits per heavy atom. The first-order chi connectivity index (χ1) is 11.1. The van der Waals surface area contributed by atoms with Gasteiger partial charge in [0.05, 0.1) is 18.7 Å². The topological polar surface area (TPSA) is 50.4 Å². The maximum absolute atomic E-state index is 12.8. The normalized spacial score (nSPS) is 10.4. The molecule has 0 aromatic heterocycles. The smallest absolute Gasteiger partial charge is 0.238 e. The van der Waals surface area contributed by atoms with E-state index in [0.717, 1.165) is 12.0 Å². The van der Waals surface area contributed by atoms with Gasteiger partial charge >= 0.3 is 0 Å². The molecule has 0 fully saturated rings. The fourth-order valence-corrected chi connectivity index (χ4v) is 2.29. The van der Waals surface area contributed by atoms with Crippen molar-refractivity contribution in [3.63, 3.8) is 0 Å². The zero-order valence-corrected chi connectivity index (χ0v) is 13.5. The Hall–Kier alpha value is -2.11. The average Bonchev–Trinajstić information content (AvgIpc) is 2.53. The van der Waals surface area contributed by atoms with Crippen molar-refractivity contribution >= 4 is 23.2 Å². The highest BCUT2D eigenvalue weighted by molar-refractivity contribution is 6.32. The summed E-state index contributed by atoms with van der Waals surface area (Å²) in [6.07, 6.45) is 0.724. The van der Waals surface area contributed by atoms with Crippen LogP contribution in [-0.4, -0.2) is 26.1 Å². The van der Waals surface area contributed by atoms with Gasteiger partial charge in [-0.2, -0.15) is 0 Å². The minimum Gasteiger partial charge on any atom is -0.495 e. The fourth-order valence-electron chi connectivity index (χ4n) is 2.04. The van der Waals surface area contributed by atoms with Crippen molar-refractivity contribution in [2.45, 2.75) is 6.42 Å². The van der Waals surface area contributed by atoms with Gasteiger partial charge in [-0.15, -0.1) is 0 Å². The van der Waals surface area contributed by atoms with Gasteiger partial charge < -0.3 is 15.4 Å². The number of carbonyl (C=O) groups is 1. The molecule has 2 N–H and O–H groups in total. The predicted molar refractivity (Wildman–Crippen MR) is 89.6 cm³/mol. The Morgan fingerprint density at radius 1 is 1.22 bits per heavy atom. The van der Waals surface area contributed by atoms with Crippen LogP contribution < -0.4 is 15.4 Å². The third-order valence-electron chi connectivity index (χ3n) is 3.22. The molecule has 23 heavy (non-hydrogen) atoms. The van der Waals surface area contributed by atoms with Gasteiger partial charge in [0.1, 0.15) is 11.6 Å². The van der Waals surface area contributed by atoms with E-state index in [1.54, 1.807) is 30.3 Å². The summed E-state index contributed by atoms with van der Waals surface area (Å²) in [6, 6.07) is 11.4. The van der Waals surface area contributed by atoms with Gasteiger partial charge in [0, 0.05) is 5.69 Å². The van der Waals surface area contributed by atoms with E-state index in [9.17, 15) is 9.18 Å². The molecule has 0 aliphatic heterocycles. The van der Waals surface area contributed by atoms with Gasteiger partial charge in [0.25, 0.3) is 0 Å². The first-order valence-corrected chi connectivity index (χ1v) is 7.55. The molecule has 2 aromatic rings. The van der Waals surface area contributed by atoms with E-state index in [4.69, 9.17) is 16.3 Å². The van der Waals surface area contributed by atoms with Crippen LogP contribution in [0.5, 0.6) is 5.75 Å². The quantitative estimate of drug-likeness (QED) is 0.763. The van der Waals surface area contributed by atoms with Crippen LogP contribution in [0.3, 0.4) is 0 Å². The van der Waals surface area contributed by atoms with Gasteiger partial charge in [-0.25, -0.2) is 4.39 Å². The minimum absolute atomic E-state index is 0.162. The number of methoxy groups -OCH3 is 1. The number of ether oxygens (including phenoxy) is 1. The molecule has 122 valence electrons. The molecule has 0 aliphatic rings. The summed E-state index contributed by atoms with van der Waals surface area (Å²) in [5.41, 5.74) is 1.63. The molecule has 0 atom stereocenters. The van der Waals surface area contributed by atoms with Gasteiger partial charge in [0.15, 0.2) is 0 Å². The second-order valence-corrected chi connectivity index (χ2v) is 5.36. The number of hydrogen-bond acceptors (Lipinski definition) is 3. The van der Waals surface area contributed by atoms with Crippen LogP contribution >= 0.6 is 11.6 Å². The molecule has 0 radical (unpaired) electrons. The van der Waals surface area contributed by atoms with Crippen LogP contribution in [0.1, 0.15) is 5.56 Å². The van der Waals surface area contributed by atoms with Crippen molar-refractivity contribution in [1.82, 2.24) is 5.32 Å². The monoisotopic (exact) mass is 336 g/mol.